The van der Waals surface area contributed by atoms with Crippen molar-refractivity contribution in [1.82, 2.24) is 4.98 Å². The molecule has 3 aromatic rings. The zero-order valence-electron chi connectivity index (χ0n) is 9.84. The van der Waals surface area contributed by atoms with E-state index in [1.807, 2.05) is 6.07 Å². The van der Waals surface area contributed by atoms with Crippen LogP contribution in [-0.2, 0) is 0 Å². The summed E-state index contributed by atoms with van der Waals surface area (Å²) < 4.78 is 19.5. The van der Waals surface area contributed by atoms with Gasteiger partial charge in [-0.2, -0.15) is 0 Å². The topological polar surface area (TPSA) is 72.3 Å². The lowest BCUT2D eigenvalue weighted by atomic mass is 10.2. The van der Waals surface area contributed by atoms with Gasteiger partial charge in [-0.15, -0.1) is 11.3 Å². The molecule has 0 aliphatic carbocycles. The van der Waals surface area contributed by atoms with Gasteiger partial charge < -0.3 is 15.3 Å². The molecule has 0 aliphatic rings. The lowest BCUT2D eigenvalue weighted by molar-refractivity contribution is 0.182. The van der Waals surface area contributed by atoms with Gasteiger partial charge in [-0.1, -0.05) is 12.1 Å². The maximum absolute atomic E-state index is 13.6. The van der Waals surface area contributed by atoms with Gasteiger partial charge in [0.05, 0.1) is 10.3 Å². The molecular formula is C13H11FN2O2S. The Balaban J connectivity index is 2.09. The molecule has 2 heterocycles. The van der Waals surface area contributed by atoms with Gasteiger partial charge >= 0.3 is 0 Å². The van der Waals surface area contributed by atoms with Crippen molar-refractivity contribution in [2.45, 2.75) is 6.10 Å². The second-order valence-electron chi connectivity index (χ2n) is 4.09. The van der Waals surface area contributed by atoms with Crippen LogP contribution in [0.5, 0.6) is 0 Å². The molecule has 19 heavy (non-hydrogen) atoms. The number of hydrogen-bond acceptors (Lipinski definition) is 5. The molecule has 1 atom stereocenters. The molecule has 0 radical (unpaired) electrons. The Labute approximate surface area is 112 Å². The smallest absolute Gasteiger partial charge is 0.227 e. The fraction of sp³-hybridized carbons (Fsp3) is 0.154. The fourth-order valence-corrected chi connectivity index (χ4v) is 2.82. The number of benzene rings is 1. The van der Waals surface area contributed by atoms with E-state index in [0.717, 1.165) is 10.9 Å². The Morgan fingerprint density at radius 3 is 3.11 bits per heavy atom. The van der Waals surface area contributed by atoms with E-state index in [1.54, 1.807) is 11.4 Å². The van der Waals surface area contributed by atoms with Crippen LogP contribution in [0.3, 0.4) is 0 Å². The number of thiophene rings is 1. The summed E-state index contributed by atoms with van der Waals surface area (Å²) in [4.78, 5) is 4.19. The highest BCUT2D eigenvalue weighted by molar-refractivity contribution is 7.17. The van der Waals surface area contributed by atoms with Crippen molar-refractivity contribution >= 4 is 21.4 Å². The molecule has 0 amide bonds. The first kappa shape index (κ1) is 12.3. The number of nitrogens with zero attached hydrogens (tertiary/aromatic N) is 1. The van der Waals surface area contributed by atoms with Gasteiger partial charge in [-0.25, -0.2) is 9.37 Å². The zero-order valence-corrected chi connectivity index (χ0v) is 10.7. The second kappa shape index (κ2) is 4.73. The van der Waals surface area contributed by atoms with Crippen LogP contribution in [-0.4, -0.2) is 16.6 Å². The molecule has 3 rings (SSSR count). The highest BCUT2D eigenvalue weighted by Gasteiger charge is 2.16. The standard InChI is InChI=1S/C13H11FN2O2S/c14-9-3-1-2-7-8(6-19-12(7)9)13-16-10(5-18-13)11(17)4-15/h1-3,5-6,11,17H,4,15H2. The Morgan fingerprint density at radius 2 is 2.32 bits per heavy atom. The molecule has 3 N–H and O–H groups in total. The van der Waals surface area contributed by atoms with Crippen molar-refractivity contribution in [2.24, 2.45) is 5.73 Å². The van der Waals surface area contributed by atoms with Crippen LogP contribution in [0.2, 0.25) is 0 Å². The lowest BCUT2D eigenvalue weighted by Gasteiger charge is -2.00. The van der Waals surface area contributed by atoms with Crippen molar-refractivity contribution < 1.29 is 13.9 Å². The Hall–Kier alpha value is -1.76. The number of aliphatic hydroxyl groups is 1. The van der Waals surface area contributed by atoms with Crippen molar-refractivity contribution in [2.75, 3.05) is 6.54 Å². The largest absolute Gasteiger partial charge is 0.444 e. The first-order valence-corrected chi connectivity index (χ1v) is 6.58. The van der Waals surface area contributed by atoms with Gasteiger partial charge in [0.2, 0.25) is 5.89 Å². The van der Waals surface area contributed by atoms with Gasteiger partial charge in [0, 0.05) is 17.3 Å². The van der Waals surface area contributed by atoms with E-state index in [1.165, 1.54) is 23.7 Å². The first-order valence-electron chi connectivity index (χ1n) is 5.70. The van der Waals surface area contributed by atoms with Crippen LogP contribution >= 0.6 is 11.3 Å². The molecule has 0 spiro atoms. The summed E-state index contributed by atoms with van der Waals surface area (Å²) in [6.07, 6.45) is 0.523. The molecule has 0 saturated heterocycles. The molecule has 2 aromatic heterocycles. The number of aliphatic hydroxyl groups excluding tert-OH is 1. The van der Waals surface area contributed by atoms with Gasteiger partial charge in [-0.05, 0) is 6.07 Å². The maximum Gasteiger partial charge on any atom is 0.227 e. The highest BCUT2D eigenvalue weighted by Crippen LogP contribution is 2.35. The highest BCUT2D eigenvalue weighted by atomic mass is 32.1. The minimum Gasteiger partial charge on any atom is -0.444 e. The minimum absolute atomic E-state index is 0.0744. The van der Waals surface area contributed by atoms with Crippen LogP contribution in [0.25, 0.3) is 21.5 Å². The van der Waals surface area contributed by atoms with Crippen LogP contribution in [0.15, 0.2) is 34.3 Å². The van der Waals surface area contributed by atoms with Crippen LogP contribution < -0.4 is 5.73 Å². The summed E-state index contributed by atoms with van der Waals surface area (Å²) in [6, 6.07) is 4.88. The summed E-state index contributed by atoms with van der Waals surface area (Å²) in [5.41, 5.74) is 6.46. The second-order valence-corrected chi connectivity index (χ2v) is 4.97. The minimum atomic E-state index is -0.848. The summed E-state index contributed by atoms with van der Waals surface area (Å²) in [5.74, 6) is 0.0990. The van der Waals surface area contributed by atoms with Crippen LogP contribution in [0, 0.1) is 5.82 Å². The van der Waals surface area contributed by atoms with Crippen molar-refractivity contribution in [1.29, 1.82) is 0 Å². The number of hydrogen-bond donors (Lipinski definition) is 2. The molecule has 6 heteroatoms. The number of oxazole rings is 1. The molecule has 4 nitrogen and oxygen atoms in total. The summed E-state index contributed by atoms with van der Waals surface area (Å²) >= 11 is 1.30. The number of aromatic nitrogens is 1. The Bertz CT molecular complexity index is 722. The van der Waals surface area contributed by atoms with E-state index in [-0.39, 0.29) is 12.4 Å². The van der Waals surface area contributed by atoms with E-state index < -0.39 is 6.10 Å². The average molecular weight is 278 g/mol. The molecule has 0 saturated carbocycles. The molecule has 98 valence electrons. The van der Waals surface area contributed by atoms with Crippen molar-refractivity contribution in [3.8, 4) is 11.5 Å². The first-order chi connectivity index (χ1) is 9.20. The van der Waals surface area contributed by atoms with E-state index in [9.17, 15) is 9.50 Å². The lowest BCUT2D eigenvalue weighted by Crippen LogP contribution is -2.11. The van der Waals surface area contributed by atoms with Gasteiger partial charge in [-0.3, -0.25) is 0 Å². The van der Waals surface area contributed by atoms with E-state index in [2.05, 4.69) is 4.98 Å². The third-order valence-electron chi connectivity index (χ3n) is 2.87. The monoisotopic (exact) mass is 278 g/mol. The molecule has 0 fully saturated rings. The quantitative estimate of drug-likeness (QED) is 0.772. The zero-order chi connectivity index (χ0) is 13.4. The number of fused-ring (bicyclic) bond motifs is 1. The summed E-state index contributed by atoms with van der Waals surface area (Å²) in [5, 5.41) is 12.1. The van der Waals surface area contributed by atoms with Gasteiger partial charge in [0.15, 0.2) is 0 Å². The third kappa shape index (κ3) is 2.03. The third-order valence-corrected chi connectivity index (χ3v) is 3.87. The fourth-order valence-electron chi connectivity index (χ4n) is 1.87. The Morgan fingerprint density at radius 1 is 1.47 bits per heavy atom. The number of nitrogens with two attached hydrogens (primary N) is 1. The van der Waals surface area contributed by atoms with Gasteiger partial charge in [0.1, 0.15) is 23.9 Å². The summed E-state index contributed by atoms with van der Waals surface area (Å²) in [7, 11) is 0. The van der Waals surface area contributed by atoms with Crippen LogP contribution in [0.4, 0.5) is 4.39 Å². The predicted octanol–water partition coefficient (Wildman–Crippen LogP) is 2.69. The van der Waals surface area contributed by atoms with Crippen molar-refractivity contribution in [3.05, 3.63) is 41.4 Å². The normalized spacial score (nSPS) is 13.0. The number of halogens is 1. The molecule has 1 unspecified atom stereocenters. The SMILES string of the molecule is NCC(O)c1coc(-c2csc3c(F)cccc23)n1. The maximum atomic E-state index is 13.6. The van der Waals surface area contributed by atoms with E-state index >= 15 is 0 Å². The van der Waals surface area contributed by atoms with E-state index in [0.29, 0.717) is 16.3 Å². The van der Waals surface area contributed by atoms with Crippen molar-refractivity contribution in [3.63, 3.8) is 0 Å². The van der Waals surface area contributed by atoms with Crippen LogP contribution in [0.1, 0.15) is 11.8 Å². The molecule has 0 bridgehead atoms. The Kier molecular flexibility index (Phi) is 3.06. The number of rotatable bonds is 3. The average Bonchev–Trinajstić information content (AvgIpc) is 3.04. The molecule has 1 aromatic carbocycles. The molecular weight excluding hydrogens is 267 g/mol. The summed E-state index contributed by atoms with van der Waals surface area (Å²) in [6.45, 7) is 0.0744. The van der Waals surface area contributed by atoms with E-state index in [4.69, 9.17) is 10.2 Å². The predicted molar refractivity (Wildman–Crippen MR) is 71.3 cm³/mol. The van der Waals surface area contributed by atoms with Gasteiger partial charge in [0.25, 0.3) is 0 Å². The molecule has 0 aliphatic heterocycles.